The van der Waals surface area contributed by atoms with E-state index in [1.807, 2.05) is 0 Å². The molecule has 6 heteroatoms. The molecule has 0 aromatic carbocycles. The molecule has 1 aliphatic rings. The van der Waals surface area contributed by atoms with Crippen molar-refractivity contribution in [3.63, 3.8) is 0 Å². The van der Waals surface area contributed by atoms with Gasteiger partial charge < -0.3 is 23.7 Å². The molecule has 0 N–H and O–H groups in total. The second-order valence-corrected chi connectivity index (χ2v) is 8.69. The number of ether oxygens (including phenoxy) is 5. The van der Waals surface area contributed by atoms with Crippen molar-refractivity contribution in [3.8, 4) is 0 Å². The predicted octanol–water partition coefficient (Wildman–Crippen LogP) is 6.15. The summed E-state index contributed by atoms with van der Waals surface area (Å²) in [6, 6.07) is 0. The van der Waals surface area contributed by atoms with Crippen LogP contribution in [0.5, 0.6) is 0 Å². The Hall–Kier alpha value is -0.690. The van der Waals surface area contributed by atoms with Gasteiger partial charge in [-0.1, -0.05) is 51.9 Å². The maximum Gasteiger partial charge on any atom is 0.302 e. The monoisotopic (exact) mass is 444 g/mol. The van der Waals surface area contributed by atoms with Crippen molar-refractivity contribution in [1.82, 2.24) is 0 Å². The predicted molar refractivity (Wildman–Crippen MR) is 123 cm³/mol. The van der Waals surface area contributed by atoms with Crippen LogP contribution in [0.3, 0.4) is 0 Å². The molecule has 0 aliphatic carbocycles. The molecule has 0 spiro atoms. The van der Waals surface area contributed by atoms with Gasteiger partial charge in [-0.25, -0.2) is 0 Å². The lowest BCUT2D eigenvalue weighted by atomic mass is 10.00. The lowest BCUT2D eigenvalue weighted by molar-refractivity contribution is -0.167. The first kappa shape index (κ1) is 28.3. The van der Waals surface area contributed by atoms with Gasteiger partial charge in [0.05, 0.1) is 6.10 Å². The summed E-state index contributed by atoms with van der Waals surface area (Å²) in [5, 5.41) is 0. The summed E-state index contributed by atoms with van der Waals surface area (Å²) in [5.74, 6) is -0.242. The van der Waals surface area contributed by atoms with Crippen LogP contribution in [0.4, 0.5) is 0 Å². The van der Waals surface area contributed by atoms with E-state index in [1.165, 1.54) is 58.3 Å². The number of carbonyl (C=O) groups is 1. The molecule has 1 aliphatic heterocycles. The Kier molecular flexibility index (Phi) is 18.2. The number of unbranched alkanes of at least 4 members (excludes halogenated alkanes) is 8. The number of methoxy groups -OCH3 is 1. The van der Waals surface area contributed by atoms with Gasteiger partial charge in [-0.15, -0.1) is 0 Å². The maximum absolute atomic E-state index is 11.7. The number of hydrogen-bond donors (Lipinski definition) is 0. The van der Waals surface area contributed by atoms with Crippen molar-refractivity contribution in [2.45, 2.75) is 129 Å². The third kappa shape index (κ3) is 15.7. The third-order valence-electron chi connectivity index (χ3n) is 5.80. The molecule has 0 aromatic heterocycles. The van der Waals surface area contributed by atoms with Gasteiger partial charge in [-0.05, 0) is 51.4 Å². The van der Waals surface area contributed by atoms with Crippen molar-refractivity contribution in [2.75, 3.05) is 27.1 Å². The Balaban J connectivity index is 2.32. The Morgan fingerprint density at radius 1 is 0.935 bits per heavy atom. The van der Waals surface area contributed by atoms with Crippen molar-refractivity contribution < 1.29 is 28.5 Å². The minimum absolute atomic E-state index is 0.0370. The van der Waals surface area contributed by atoms with Gasteiger partial charge in [0.2, 0.25) is 0 Å². The SMILES string of the molecule is CCCCCCCCCC[C@H](OC(C)=O)[C@@H](CCCCOC1CCCCO1)OCOC. The molecular weight excluding hydrogens is 396 g/mol. The molecule has 1 rings (SSSR count). The zero-order valence-electron chi connectivity index (χ0n) is 20.4. The lowest BCUT2D eigenvalue weighted by Crippen LogP contribution is -2.34. The molecule has 0 radical (unpaired) electrons. The number of esters is 1. The highest BCUT2D eigenvalue weighted by Crippen LogP contribution is 2.20. The molecule has 184 valence electrons. The Morgan fingerprint density at radius 2 is 1.61 bits per heavy atom. The smallest absolute Gasteiger partial charge is 0.302 e. The van der Waals surface area contributed by atoms with Gasteiger partial charge in [-0.3, -0.25) is 4.79 Å². The van der Waals surface area contributed by atoms with Gasteiger partial charge in [0.25, 0.3) is 0 Å². The van der Waals surface area contributed by atoms with E-state index in [0.29, 0.717) is 6.61 Å². The Morgan fingerprint density at radius 3 is 2.26 bits per heavy atom. The number of rotatable bonds is 20. The molecule has 1 saturated heterocycles. The van der Waals surface area contributed by atoms with Crippen molar-refractivity contribution >= 4 is 5.97 Å². The normalized spacial score (nSPS) is 18.6. The van der Waals surface area contributed by atoms with Crippen molar-refractivity contribution in [1.29, 1.82) is 0 Å². The van der Waals surface area contributed by atoms with Crippen LogP contribution in [0.15, 0.2) is 0 Å². The van der Waals surface area contributed by atoms with Crippen LogP contribution in [-0.4, -0.2) is 51.6 Å². The molecule has 0 aromatic rings. The summed E-state index contributed by atoms with van der Waals surface area (Å²) in [6.07, 6.45) is 16.6. The summed E-state index contributed by atoms with van der Waals surface area (Å²) in [6.45, 7) is 5.44. The molecule has 0 amide bonds. The molecule has 1 heterocycles. The first-order valence-electron chi connectivity index (χ1n) is 12.7. The van der Waals surface area contributed by atoms with Crippen LogP contribution < -0.4 is 0 Å². The third-order valence-corrected chi connectivity index (χ3v) is 5.80. The number of hydrogen-bond acceptors (Lipinski definition) is 6. The molecule has 6 nitrogen and oxygen atoms in total. The van der Waals surface area contributed by atoms with Crippen LogP contribution >= 0.6 is 0 Å². The van der Waals surface area contributed by atoms with Gasteiger partial charge in [0.15, 0.2) is 6.29 Å². The molecular formula is C25H48O6. The molecule has 1 fully saturated rings. The average molecular weight is 445 g/mol. The van der Waals surface area contributed by atoms with Crippen LogP contribution in [0.25, 0.3) is 0 Å². The van der Waals surface area contributed by atoms with E-state index in [9.17, 15) is 4.79 Å². The standard InChI is InChI=1S/C25H48O6/c1-4-5-6-7-8-9-10-11-17-24(31-22(2)26)23(30-21-27-3)16-12-14-19-28-25-18-13-15-20-29-25/h23-25H,4-21H2,1-3H3/t23-,24+,25?/m1/s1. The summed E-state index contributed by atoms with van der Waals surface area (Å²) in [4.78, 5) is 11.7. The fourth-order valence-corrected chi connectivity index (χ4v) is 4.05. The van der Waals surface area contributed by atoms with E-state index in [4.69, 9.17) is 23.7 Å². The van der Waals surface area contributed by atoms with Gasteiger partial charge in [-0.2, -0.15) is 0 Å². The summed E-state index contributed by atoms with van der Waals surface area (Å²) >= 11 is 0. The molecule has 0 saturated carbocycles. The summed E-state index contributed by atoms with van der Waals surface area (Å²) in [5.41, 5.74) is 0. The topological polar surface area (TPSA) is 63.2 Å². The first-order valence-corrected chi connectivity index (χ1v) is 12.7. The Bertz CT molecular complexity index is 411. The second-order valence-electron chi connectivity index (χ2n) is 8.69. The molecule has 31 heavy (non-hydrogen) atoms. The quantitative estimate of drug-likeness (QED) is 0.127. The first-order chi connectivity index (χ1) is 15.2. The van der Waals surface area contributed by atoms with Crippen molar-refractivity contribution in [2.24, 2.45) is 0 Å². The molecule has 0 bridgehead atoms. The number of carbonyl (C=O) groups excluding carboxylic acids is 1. The minimum Gasteiger partial charge on any atom is -0.460 e. The van der Waals surface area contributed by atoms with Crippen molar-refractivity contribution in [3.05, 3.63) is 0 Å². The van der Waals surface area contributed by atoms with E-state index in [0.717, 1.165) is 51.6 Å². The summed E-state index contributed by atoms with van der Waals surface area (Å²) in [7, 11) is 1.62. The van der Waals surface area contributed by atoms with Gasteiger partial charge >= 0.3 is 5.97 Å². The van der Waals surface area contributed by atoms with Crippen LogP contribution in [0, 0.1) is 0 Å². The molecule has 1 unspecified atom stereocenters. The van der Waals surface area contributed by atoms with Crippen LogP contribution in [0.1, 0.15) is 110 Å². The highest BCUT2D eigenvalue weighted by Gasteiger charge is 2.25. The highest BCUT2D eigenvalue weighted by molar-refractivity contribution is 5.66. The highest BCUT2D eigenvalue weighted by atomic mass is 16.7. The van der Waals surface area contributed by atoms with E-state index in [-0.39, 0.29) is 31.3 Å². The van der Waals surface area contributed by atoms with E-state index < -0.39 is 0 Å². The van der Waals surface area contributed by atoms with Crippen LogP contribution in [-0.2, 0) is 28.5 Å². The maximum atomic E-state index is 11.7. The van der Waals surface area contributed by atoms with Crippen LogP contribution in [0.2, 0.25) is 0 Å². The summed E-state index contributed by atoms with van der Waals surface area (Å²) < 4.78 is 28.1. The zero-order valence-corrected chi connectivity index (χ0v) is 20.4. The van der Waals surface area contributed by atoms with Gasteiger partial charge in [0.1, 0.15) is 12.9 Å². The molecule has 3 atom stereocenters. The second kappa shape index (κ2) is 20.0. The Labute approximate surface area is 190 Å². The lowest BCUT2D eigenvalue weighted by Gasteiger charge is -2.27. The van der Waals surface area contributed by atoms with E-state index >= 15 is 0 Å². The largest absolute Gasteiger partial charge is 0.460 e. The average Bonchev–Trinajstić information content (AvgIpc) is 2.77. The minimum atomic E-state index is -0.242. The van der Waals surface area contributed by atoms with Gasteiger partial charge in [0, 0.05) is 27.2 Å². The fourth-order valence-electron chi connectivity index (χ4n) is 4.05. The fraction of sp³-hybridized carbons (Fsp3) is 0.960. The van der Waals surface area contributed by atoms with E-state index in [1.54, 1.807) is 7.11 Å². The van der Waals surface area contributed by atoms with E-state index in [2.05, 4.69) is 6.92 Å². The zero-order chi connectivity index (χ0) is 22.6.